The molecule has 2 heterocycles. The smallest absolute Gasteiger partial charge is 0.375 e. The molecule has 1 fully saturated rings. The van der Waals surface area contributed by atoms with Crippen molar-refractivity contribution in [3.63, 3.8) is 0 Å². The predicted octanol–water partition coefficient (Wildman–Crippen LogP) is 1.79. The number of nitrogens with one attached hydrogen (secondary N) is 1. The maximum Gasteiger partial charge on any atom is 0.375 e. The zero-order chi connectivity index (χ0) is 18.7. The fourth-order valence-electron chi connectivity index (χ4n) is 2.39. The van der Waals surface area contributed by atoms with Crippen molar-refractivity contribution in [1.82, 2.24) is 10.2 Å². The molecule has 9 heteroatoms. The third-order valence-electron chi connectivity index (χ3n) is 3.75. The molecule has 1 atom stereocenters. The van der Waals surface area contributed by atoms with Gasteiger partial charge in [0.05, 0.1) is 5.75 Å². The summed E-state index contributed by atoms with van der Waals surface area (Å²) in [7, 11) is 0. The molecule has 0 saturated carbocycles. The molecular weight excluding hydrogens is 360 g/mol. The fraction of sp³-hybridized carbons (Fsp3) is 0.294. The van der Waals surface area contributed by atoms with Crippen molar-refractivity contribution in [1.29, 1.82) is 0 Å². The Morgan fingerprint density at radius 3 is 2.81 bits per heavy atom. The van der Waals surface area contributed by atoms with Crippen LogP contribution in [0.1, 0.15) is 17.5 Å². The minimum absolute atomic E-state index is 0.0103. The number of imide groups is 1. The zero-order valence-electron chi connectivity index (χ0n) is 13.9. The Morgan fingerprint density at radius 2 is 2.12 bits per heavy atom. The average molecular weight is 376 g/mol. The summed E-state index contributed by atoms with van der Waals surface area (Å²) in [5.41, 5.74) is 0.550. The molecule has 26 heavy (non-hydrogen) atoms. The van der Waals surface area contributed by atoms with Crippen LogP contribution in [0.4, 0.5) is 4.79 Å². The van der Waals surface area contributed by atoms with Gasteiger partial charge in [-0.15, -0.1) is 0 Å². The molecule has 0 unspecified atom stereocenters. The number of carbonyl (C=O) groups excluding carboxylic acids is 4. The van der Waals surface area contributed by atoms with Crippen LogP contribution < -0.4 is 5.32 Å². The van der Waals surface area contributed by atoms with E-state index in [4.69, 9.17) is 9.15 Å². The van der Waals surface area contributed by atoms with Crippen LogP contribution in [0.5, 0.6) is 0 Å². The third kappa shape index (κ3) is 3.88. The molecule has 0 radical (unpaired) electrons. The van der Waals surface area contributed by atoms with Crippen molar-refractivity contribution in [2.45, 2.75) is 13.0 Å². The van der Waals surface area contributed by atoms with Crippen molar-refractivity contribution < 1.29 is 28.3 Å². The van der Waals surface area contributed by atoms with Crippen LogP contribution >= 0.6 is 11.8 Å². The number of amides is 3. The van der Waals surface area contributed by atoms with E-state index in [1.807, 2.05) is 6.07 Å². The molecule has 1 saturated heterocycles. The monoisotopic (exact) mass is 376 g/mol. The Morgan fingerprint density at radius 1 is 1.35 bits per heavy atom. The first-order valence-electron chi connectivity index (χ1n) is 7.90. The van der Waals surface area contributed by atoms with E-state index in [0.717, 1.165) is 22.0 Å². The lowest BCUT2D eigenvalue weighted by atomic mass is 10.2. The van der Waals surface area contributed by atoms with Gasteiger partial charge in [0.1, 0.15) is 5.58 Å². The molecule has 0 aliphatic carbocycles. The number of hydrogen-bond donors (Lipinski definition) is 1. The van der Waals surface area contributed by atoms with Crippen molar-refractivity contribution >= 4 is 45.8 Å². The number of esters is 1. The maximum atomic E-state index is 12.1. The molecule has 3 amide bonds. The highest BCUT2D eigenvalue weighted by Gasteiger charge is 2.29. The lowest BCUT2D eigenvalue weighted by Crippen LogP contribution is -2.41. The second kappa shape index (κ2) is 7.61. The largest absolute Gasteiger partial charge is 0.449 e. The van der Waals surface area contributed by atoms with Gasteiger partial charge < -0.3 is 14.5 Å². The van der Waals surface area contributed by atoms with Gasteiger partial charge in [0.2, 0.25) is 11.7 Å². The number of hydrogen-bond acceptors (Lipinski definition) is 7. The lowest BCUT2D eigenvalue weighted by Gasteiger charge is -2.15. The van der Waals surface area contributed by atoms with Gasteiger partial charge in [0.25, 0.3) is 11.1 Å². The number of carbonyl (C=O) groups is 4. The minimum atomic E-state index is -1.05. The van der Waals surface area contributed by atoms with E-state index in [0.29, 0.717) is 5.58 Å². The van der Waals surface area contributed by atoms with Gasteiger partial charge in [-0.1, -0.05) is 30.0 Å². The number of ether oxygens (including phenoxy) is 1. The molecule has 1 aliphatic heterocycles. The Labute approximate surface area is 152 Å². The van der Waals surface area contributed by atoms with E-state index in [-0.39, 0.29) is 35.7 Å². The summed E-state index contributed by atoms with van der Waals surface area (Å²) in [5, 5.41) is 2.97. The summed E-state index contributed by atoms with van der Waals surface area (Å²) in [6, 6.07) is 8.67. The molecule has 3 rings (SSSR count). The maximum absolute atomic E-state index is 12.1. The van der Waals surface area contributed by atoms with Gasteiger partial charge in [-0.25, -0.2) is 4.79 Å². The zero-order valence-corrected chi connectivity index (χ0v) is 14.7. The molecule has 0 bridgehead atoms. The molecule has 1 N–H and O–H groups in total. The van der Waals surface area contributed by atoms with Crippen LogP contribution in [0, 0.1) is 0 Å². The quantitative estimate of drug-likeness (QED) is 0.766. The van der Waals surface area contributed by atoms with Crippen molar-refractivity contribution in [3.05, 3.63) is 36.1 Å². The molecule has 2 aromatic rings. The first-order valence-corrected chi connectivity index (χ1v) is 8.88. The summed E-state index contributed by atoms with van der Waals surface area (Å²) >= 11 is 0.931. The third-order valence-corrected chi connectivity index (χ3v) is 4.61. The number of benzene rings is 1. The standard InChI is InChI=1S/C17H16N2O6S/c1-10(15(21)18-6-7-19-14(20)9-26-17(19)23)24-16(22)13-8-11-4-2-3-5-12(11)25-13/h2-5,8,10H,6-7,9H2,1H3,(H,18,21)/t10-/m0/s1. The molecule has 8 nitrogen and oxygen atoms in total. The lowest BCUT2D eigenvalue weighted by molar-refractivity contribution is -0.130. The summed E-state index contributed by atoms with van der Waals surface area (Å²) in [6.07, 6.45) is -1.05. The summed E-state index contributed by atoms with van der Waals surface area (Å²) in [5.74, 6) is -1.42. The van der Waals surface area contributed by atoms with Gasteiger partial charge in [-0.2, -0.15) is 0 Å². The van der Waals surface area contributed by atoms with Crippen LogP contribution in [0.25, 0.3) is 11.0 Å². The van der Waals surface area contributed by atoms with Gasteiger partial charge in [0, 0.05) is 18.5 Å². The first-order chi connectivity index (χ1) is 12.5. The van der Waals surface area contributed by atoms with E-state index in [1.54, 1.807) is 24.3 Å². The Bertz CT molecular complexity index is 828. The van der Waals surface area contributed by atoms with Crippen LogP contribution in [0.2, 0.25) is 0 Å². The van der Waals surface area contributed by atoms with Crippen LogP contribution in [-0.2, 0) is 14.3 Å². The number of rotatable bonds is 6. The highest BCUT2D eigenvalue weighted by atomic mass is 32.2. The Hall–Kier alpha value is -2.81. The Balaban J connectivity index is 1.49. The normalized spacial score (nSPS) is 15.3. The number of para-hydroxylation sites is 1. The van der Waals surface area contributed by atoms with Crippen molar-refractivity contribution in [2.75, 3.05) is 18.8 Å². The molecule has 1 aliphatic rings. The van der Waals surface area contributed by atoms with Gasteiger partial charge in [-0.3, -0.25) is 19.3 Å². The number of nitrogens with zero attached hydrogens (tertiary/aromatic N) is 1. The van der Waals surface area contributed by atoms with Gasteiger partial charge in [-0.05, 0) is 19.1 Å². The topological polar surface area (TPSA) is 106 Å². The number of thioether (sulfide) groups is 1. The second-order valence-electron chi connectivity index (χ2n) is 5.59. The molecular formula is C17H16N2O6S. The van der Waals surface area contributed by atoms with E-state index in [1.165, 1.54) is 6.92 Å². The summed E-state index contributed by atoms with van der Waals surface area (Å²) in [6.45, 7) is 1.60. The average Bonchev–Trinajstić information content (AvgIpc) is 3.19. The van der Waals surface area contributed by atoms with Crippen LogP contribution in [-0.4, -0.2) is 52.9 Å². The van der Waals surface area contributed by atoms with E-state index >= 15 is 0 Å². The Kier molecular flexibility index (Phi) is 5.27. The fourth-order valence-corrected chi connectivity index (χ4v) is 3.14. The van der Waals surface area contributed by atoms with E-state index in [9.17, 15) is 19.2 Å². The van der Waals surface area contributed by atoms with Crippen LogP contribution in [0.3, 0.4) is 0 Å². The first kappa shape index (κ1) is 18.0. The van der Waals surface area contributed by atoms with Crippen molar-refractivity contribution in [3.8, 4) is 0 Å². The minimum Gasteiger partial charge on any atom is -0.449 e. The van der Waals surface area contributed by atoms with Gasteiger partial charge >= 0.3 is 5.97 Å². The highest BCUT2D eigenvalue weighted by molar-refractivity contribution is 8.14. The SMILES string of the molecule is C[C@H](OC(=O)c1cc2ccccc2o1)C(=O)NCCN1C(=O)CSC1=O. The number of furan rings is 1. The summed E-state index contributed by atoms with van der Waals surface area (Å²) < 4.78 is 10.5. The van der Waals surface area contributed by atoms with Crippen molar-refractivity contribution in [2.24, 2.45) is 0 Å². The van der Waals surface area contributed by atoms with E-state index in [2.05, 4.69) is 5.32 Å². The number of fused-ring (bicyclic) bond motifs is 1. The molecule has 1 aromatic heterocycles. The second-order valence-corrected chi connectivity index (χ2v) is 6.51. The van der Waals surface area contributed by atoms with Gasteiger partial charge in [0.15, 0.2) is 6.10 Å². The van der Waals surface area contributed by atoms with Crippen LogP contribution in [0.15, 0.2) is 34.7 Å². The molecule has 136 valence electrons. The summed E-state index contributed by atoms with van der Waals surface area (Å²) in [4.78, 5) is 48.1. The molecule has 1 aromatic carbocycles. The van der Waals surface area contributed by atoms with E-state index < -0.39 is 18.0 Å². The molecule has 0 spiro atoms. The highest BCUT2D eigenvalue weighted by Crippen LogP contribution is 2.20. The predicted molar refractivity (Wildman–Crippen MR) is 93.7 cm³/mol.